The molecule has 0 bridgehead atoms. The molecule has 0 saturated heterocycles. The summed E-state index contributed by atoms with van der Waals surface area (Å²) in [5, 5.41) is 5.33. The minimum absolute atomic E-state index is 0. The van der Waals surface area contributed by atoms with Crippen molar-refractivity contribution in [2.24, 2.45) is 0 Å². The summed E-state index contributed by atoms with van der Waals surface area (Å²) in [7, 11) is -1.53. The van der Waals surface area contributed by atoms with Crippen LogP contribution in [0.5, 0.6) is 5.75 Å². The van der Waals surface area contributed by atoms with Crippen LogP contribution in [0, 0.1) is 29.1 Å². The van der Waals surface area contributed by atoms with Gasteiger partial charge in [0.05, 0.1) is 11.9 Å². The third-order valence-electron chi connectivity index (χ3n) is 10.3. The lowest BCUT2D eigenvalue weighted by Gasteiger charge is -2.26. The number of nitrogens with zero attached hydrogens (tertiary/aromatic N) is 3. The highest BCUT2D eigenvalue weighted by molar-refractivity contribution is 7.95. The molecule has 0 atom stereocenters. The van der Waals surface area contributed by atoms with Gasteiger partial charge in [-0.2, -0.15) is 8.78 Å². The smallest absolute Gasteiger partial charge is 0.432 e. The topological polar surface area (TPSA) is 65.0 Å². The van der Waals surface area contributed by atoms with Gasteiger partial charge in [0.1, 0.15) is 56.4 Å². The number of hydrogen-bond acceptors (Lipinski definition) is 5. The molecule has 0 spiro atoms. The molecule has 71 heavy (non-hydrogen) atoms. The maximum atomic E-state index is 14.4. The predicted molar refractivity (Wildman–Crippen MR) is 269 cm³/mol. The molecule has 0 aliphatic carbocycles. The van der Waals surface area contributed by atoms with Gasteiger partial charge in [-0.15, -0.1) is 0 Å². The van der Waals surface area contributed by atoms with Gasteiger partial charge in [-0.3, -0.25) is 9.78 Å². The van der Waals surface area contributed by atoms with E-state index in [0.717, 1.165) is 36.4 Å². The molecule has 5 nitrogen and oxygen atoms in total. The van der Waals surface area contributed by atoms with Crippen molar-refractivity contribution in [3.05, 3.63) is 238 Å². The Hall–Kier alpha value is -6.24. The van der Waals surface area contributed by atoms with E-state index in [0.29, 0.717) is 28.0 Å². The van der Waals surface area contributed by atoms with Gasteiger partial charge in [0.15, 0.2) is 23.7 Å². The first-order valence-corrected chi connectivity index (χ1v) is 24.4. The highest BCUT2D eigenvalue weighted by Gasteiger charge is 2.43. The van der Waals surface area contributed by atoms with E-state index in [2.05, 4.69) is 118 Å². The van der Waals surface area contributed by atoms with Gasteiger partial charge < -0.3 is 21.7 Å². The standard InChI is InChI=1S/C21H14F7NO.C20H20P.C8H8ClN.C6H4ClNO.BrH/c1-2-3-11-4-5-18(29-10-11)12-6-14(22)19(15(23)7-12)21(27,28)30-13-8-16(24)20(26)17(25)9-13;1-2-21(18-12-6-3-7-13-18,19-14-8-4-9-15-19)20-16-10-5-11-17-20;1-2-3-7-4-5-8(9)10-6-7;7-6-2-1-5(4-9)3-8-6;/h4-10H,2-3H2,1H3;3-17H,2H2,1H3;2-6H,1H3;1-4H;1H/q;+1;;;/p-1. The lowest BCUT2D eigenvalue weighted by atomic mass is 10.0. The van der Waals surface area contributed by atoms with Crippen molar-refractivity contribution in [2.75, 3.05) is 6.16 Å². The van der Waals surface area contributed by atoms with Crippen LogP contribution in [-0.4, -0.2) is 27.4 Å². The molecule has 0 unspecified atom stereocenters. The number of pyridine rings is 3. The number of ether oxygens (including phenoxy) is 1. The van der Waals surface area contributed by atoms with Crippen molar-refractivity contribution in [3.8, 4) is 17.0 Å². The summed E-state index contributed by atoms with van der Waals surface area (Å²) in [6.07, 6.45) is 7.47. The second-order valence-corrected chi connectivity index (χ2v) is 19.6. The van der Waals surface area contributed by atoms with Crippen molar-refractivity contribution in [1.82, 2.24) is 15.0 Å². The number of aryl methyl sites for hydroxylation is 1. The number of rotatable bonds is 12. The molecule has 0 fully saturated rings. The Morgan fingerprint density at radius 2 is 1.08 bits per heavy atom. The predicted octanol–water partition coefficient (Wildman–Crippen LogP) is 11.8. The van der Waals surface area contributed by atoms with Gasteiger partial charge in [-0.05, 0) is 104 Å². The van der Waals surface area contributed by atoms with Crippen LogP contribution in [0.15, 0.2) is 176 Å². The molecule has 0 saturated carbocycles. The highest BCUT2D eigenvalue weighted by atomic mass is 79.9. The molecule has 8 rings (SSSR count). The number of hydrogen-bond donors (Lipinski definition) is 0. The zero-order chi connectivity index (χ0) is 50.7. The van der Waals surface area contributed by atoms with Crippen LogP contribution in [0.4, 0.5) is 30.7 Å². The Morgan fingerprint density at radius 1 is 0.606 bits per heavy atom. The minimum Gasteiger partial charge on any atom is -1.00 e. The third kappa shape index (κ3) is 15.9. The van der Waals surface area contributed by atoms with Crippen molar-refractivity contribution >= 4 is 58.7 Å². The summed E-state index contributed by atoms with van der Waals surface area (Å²) < 4.78 is 101. The zero-order valence-electron chi connectivity index (χ0n) is 38.4. The molecule has 368 valence electrons. The van der Waals surface area contributed by atoms with Crippen molar-refractivity contribution in [2.45, 2.75) is 39.7 Å². The molecule has 3 heterocycles. The molecule has 16 heteroatoms. The second kappa shape index (κ2) is 28.0. The van der Waals surface area contributed by atoms with Crippen LogP contribution in [0.25, 0.3) is 17.3 Å². The van der Waals surface area contributed by atoms with E-state index in [1.54, 1.807) is 30.5 Å². The molecule has 8 aromatic rings. The number of carbonyl (C=O) groups is 1. The third-order valence-corrected chi connectivity index (χ3v) is 15.2. The maximum absolute atomic E-state index is 14.4. The normalized spacial score (nSPS) is 10.9. The van der Waals surface area contributed by atoms with Crippen molar-refractivity contribution in [3.63, 3.8) is 0 Å². The largest absolute Gasteiger partial charge is 1.00 e. The summed E-state index contributed by atoms with van der Waals surface area (Å²) in [6.45, 7) is 6.25. The number of aromatic nitrogens is 3. The van der Waals surface area contributed by atoms with Gasteiger partial charge in [-0.1, -0.05) is 115 Å². The van der Waals surface area contributed by atoms with E-state index < -0.39 is 53.8 Å². The first-order valence-electron chi connectivity index (χ1n) is 21.7. The summed E-state index contributed by atoms with van der Waals surface area (Å²) >= 11 is 11.0. The maximum Gasteiger partial charge on any atom is 0.432 e. The average Bonchev–Trinajstić information content (AvgIpc) is 3.36. The van der Waals surface area contributed by atoms with Crippen LogP contribution in [0.1, 0.15) is 54.2 Å². The minimum atomic E-state index is -4.64. The number of carbonyl (C=O) groups excluding carboxylic acids is 1. The SMILES string of the molecule is CC=Cc1ccc(Cl)nc1.CCCc1ccc(-c2cc(F)c(C(F)(F)Oc3cc(F)c(F)c(F)c3)c(F)c2)nc1.CC[P+](c1ccccc1)(c1ccccc1)c1ccccc1.O=Cc1ccc(Cl)nc1.[Br-]. The molecule has 0 aliphatic heterocycles. The Kier molecular flexibility index (Phi) is 22.6. The van der Waals surface area contributed by atoms with Crippen molar-refractivity contribution in [1.29, 1.82) is 0 Å². The van der Waals surface area contributed by atoms with Gasteiger partial charge in [0.25, 0.3) is 0 Å². The van der Waals surface area contributed by atoms with E-state index in [4.69, 9.17) is 23.2 Å². The number of halogens is 10. The first-order chi connectivity index (χ1) is 33.6. The Morgan fingerprint density at radius 3 is 1.46 bits per heavy atom. The highest BCUT2D eigenvalue weighted by Crippen LogP contribution is 2.54. The molecule has 0 radical (unpaired) electrons. The Bertz CT molecular complexity index is 2790. The summed E-state index contributed by atoms with van der Waals surface area (Å²) in [4.78, 5) is 21.7. The summed E-state index contributed by atoms with van der Waals surface area (Å²) in [5.41, 5.74) is 0.820. The lowest BCUT2D eigenvalue weighted by Crippen LogP contribution is -3.00. The number of allylic oxidation sites excluding steroid dienone is 1. The van der Waals surface area contributed by atoms with E-state index >= 15 is 0 Å². The fraction of sp³-hybridized carbons (Fsp3) is 0.127. The molecule has 3 aromatic heterocycles. The van der Waals surface area contributed by atoms with Gasteiger partial charge in [0.2, 0.25) is 0 Å². The van der Waals surface area contributed by atoms with Crippen LogP contribution in [0.2, 0.25) is 10.3 Å². The first kappa shape index (κ1) is 57.3. The Balaban J connectivity index is 0.000000229. The van der Waals surface area contributed by atoms with Crippen LogP contribution < -0.4 is 37.6 Å². The number of benzene rings is 5. The van der Waals surface area contributed by atoms with Gasteiger partial charge in [0, 0.05) is 41.9 Å². The lowest BCUT2D eigenvalue weighted by molar-refractivity contribution is -0.189. The van der Waals surface area contributed by atoms with Gasteiger partial charge in [-0.25, -0.2) is 31.9 Å². The molecular weight excluding hydrogens is 1050 g/mol. The molecule has 0 aliphatic rings. The molecular formula is C55H46BrCl2F7N3O2P. The van der Waals surface area contributed by atoms with Crippen LogP contribution >= 0.6 is 30.5 Å². The second-order valence-electron chi connectivity index (χ2n) is 15.0. The van der Waals surface area contributed by atoms with Crippen LogP contribution in [0.3, 0.4) is 0 Å². The van der Waals surface area contributed by atoms with E-state index in [1.807, 2.05) is 32.1 Å². The van der Waals surface area contributed by atoms with Crippen molar-refractivity contribution < 1.29 is 57.2 Å². The van der Waals surface area contributed by atoms with E-state index in [1.165, 1.54) is 34.4 Å². The van der Waals surface area contributed by atoms with Crippen LogP contribution in [-0.2, 0) is 12.5 Å². The monoisotopic (exact) mass is 1090 g/mol. The number of alkyl halides is 2. The van der Waals surface area contributed by atoms with E-state index in [-0.39, 0.29) is 40.4 Å². The zero-order valence-corrected chi connectivity index (χ0v) is 42.4. The Labute approximate surface area is 429 Å². The quantitative estimate of drug-likeness (QED) is 0.0401. The molecule has 0 amide bonds. The molecule has 0 N–H and O–H groups in total. The van der Waals surface area contributed by atoms with Gasteiger partial charge >= 0.3 is 6.11 Å². The summed E-state index contributed by atoms with van der Waals surface area (Å²) in [5.74, 6) is -9.95. The van der Waals surface area contributed by atoms with E-state index in [9.17, 15) is 35.5 Å². The molecule has 5 aromatic carbocycles. The average molecular weight is 1100 g/mol. The fourth-order valence-corrected chi connectivity index (χ4v) is 11.3. The fourth-order valence-electron chi connectivity index (χ4n) is 7.00. The summed E-state index contributed by atoms with van der Waals surface area (Å²) in [6, 6.07) is 44.6. The number of aldehydes is 1.